The number of amides is 1. The zero-order chi connectivity index (χ0) is 19.7. The van der Waals surface area contributed by atoms with Crippen LogP contribution in [0.25, 0.3) is 0 Å². The summed E-state index contributed by atoms with van der Waals surface area (Å²) in [5.41, 5.74) is 2.17. The highest BCUT2D eigenvalue weighted by Crippen LogP contribution is 2.49. The second kappa shape index (κ2) is 7.74. The Morgan fingerprint density at radius 1 is 1.07 bits per heavy atom. The zero-order valence-corrected chi connectivity index (χ0v) is 16.5. The first kappa shape index (κ1) is 18.7. The fraction of sp³-hybridized carbons (Fsp3) is 0.435. The number of piperazine rings is 1. The van der Waals surface area contributed by atoms with E-state index in [1.54, 1.807) is 12.1 Å². The van der Waals surface area contributed by atoms with Gasteiger partial charge < -0.3 is 19.6 Å². The van der Waals surface area contributed by atoms with Crippen LogP contribution in [-0.2, 0) is 4.79 Å². The monoisotopic (exact) mass is 380 g/mol. The van der Waals surface area contributed by atoms with Crippen molar-refractivity contribution >= 4 is 11.6 Å². The van der Waals surface area contributed by atoms with Gasteiger partial charge in [-0.25, -0.2) is 0 Å². The predicted octanol–water partition coefficient (Wildman–Crippen LogP) is 3.63. The molecule has 2 aliphatic rings. The second-order valence-corrected chi connectivity index (χ2v) is 7.99. The van der Waals surface area contributed by atoms with Crippen molar-refractivity contribution in [1.29, 1.82) is 0 Å². The molecule has 0 unspecified atom stereocenters. The molecule has 1 N–H and O–H groups in total. The van der Waals surface area contributed by atoms with Crippen LogP contribution in [0.3, 0.4) is 0 Å². The third kappa shape index (κ3) is 3.93. The smallest absolute Gasteiger partial charge is 0.226 e. The van der Waals surface area contributed by atoms with Crippen LogP contribution in [0, 0.1) is 5.92 Å². The van der Waals surface area contributed by atoms with Gasteiger partial charge in [0.2, 0.25) is 5.91 Å². The molecule has 5 heteroatoms. The van der Waals surface area contributed by atoms with Crippen LogP contribution in [0.5, 0.6) is 11.5 Å². The first-order valence-corrected chi connectivity index (χ1v) is 10.1. The maximum absolute atomic E-state index is 12.9. The summed E-state index contributed by atoms with van der Waals surface area (Å²) < 4.78 is 5.95. The van der Waals surface area contributed by atoms with Gasteiger partial charge in [0, 0.05) is 32.1 Å². The van der Waals surface area contributed by atoms with Gasteiger partial charge in [-0.15, -0.1) is 0 Å². The number of rotatable bonds is 5. The van der Waals surface area contributed by atoms with Crippen LogP contribution in [0.1, 0.15) is 31.7 Å². The summed E-state index contributed by atoms with van der Waals surface area (Å²) >= 11 is 0. The van der Waals surface area contributed by atoms with Crippen LogP contribution < -0.4 is 9.64 Å². The van der Waals surface area contributed by atoms with Crippen LogP contribution >= 0.6 is 0 Å². The number of benzene rings is 2. The van der Waals surface area contributed by atoms with Crippen molar-refractivity contribution in [2.45, 2.75) is 32.3 Å². The number of nitrogens with zero attached hydrogens (tertiary/aromatic N) is 2. The highest BCUT2D eigenvalue weighted by atomic mass is 16.5. The molecule has 1 aliphatic heterocycles. The van der Waals surface area contributed by atoms with Crippen molar-refractivity contribution in [3.05, 3.63) is 54.1 Å². The minimum absolute atomic E-state index is 0.0601. The van der Waals surface area contributed by atoms with Crippen molar-refractivity contribution in [2.24, 2.45) is 5.92 Å². The Balaban J connectivity index is 1.36. The fourth-order valence-electron chi connectivity index (χ4n) is 4.07. The molecule has 0 aromatic heterocycles. The summed E-state index contributed by atoms with van der Waals surface area (Å²) in [6.45, 7) is 7.16. The number of phenols is 1. The van der Waals surface area contributed by atoms with Crippen molar-refractivity contribution in [3.63, 3.8) is 0 Å². The lowest BCUT2D eigenvalue weighted by Gasteiger charge is -2.37. The first-order chi connectivity index (χ1) is 13.5. The van der Waals surface area contributed by atoms with E-state index < -0.39 is 0 Å². The molecule has 2 aromatic carbocycles. The summed E-state index contributed by atoms with van der Waals surface area (Å²) in [4.78, 5) is 17.2. The summed E-state index contributed by atoms with van der Waals surface area (Å²) in [7, 11) is 0. The molecule has 1 saturated carbocycles. The van der Waals surface area contributed by atoms with Crippen LogP contribution in [0.2, 0.25) is 0 Å². The highest BCUT2D eigenvalue weighted by Gasteiger charge is 2.46. The summed E-state index contributed by atoms with van der Waals surface area (Å²) in [6, 6.07) is 15.4. The molecule has 1 saturated heterocycles. The molecule has 2 aromatic rings. The molecule has 1 aliphatic carbocycles. The van der Waals surface area contributed by atoms with Crippen LogP contribution in [0.15, 0.2) is 48.5 Å². The lowest BCUT2D eigenvalue weighted by Crippen LogP contribution is -2.49. The maximum Gasteiger partial charge on any atom is 0.226 e. The average Bonchev–Trinajstić information content (AvgIpc) is 3.49. The topological polar surface area (TPSA) is 53.0 Å². The second-order valence-electron chi connectivity index (χ2n) is 7.99. The molecule has 0 radical (unpaired) electrons. The molecule has 0 bridgehead atoms. The Labute approximate surface area is 166 Å². The van der Waals surface area contributed by atoms with Crippen molar-refractivity contribution in [2.75, 3.05) is 31.1 Å². The number of para-hydroxylation sites is 2. The number of hydrogen-bond acceptors (Lipinski definition) is 4. The molecule has 4 rings (SSSR count). The SMILES string of the molecule is CC(C)Oc1ccccc1N1CCN(C(=O)[C@@H]2C[C@@H]2c2cccc(O)c2)CC1. The third-order valence-electron chi connectivity index (χ3n) is 5.57. The third-order valence-corrected chi connectivity index (χ3v) is 5.57. The Hall–Kier alpha value is -2.69. The normalized spacial score (nSPS) is 21.7. The van der Waals surface area contributed by atoms with Gasteiger partial charge in [-0.2, -0.15) is 0 Å². The van der Waals surface area contributed by atoms with Gasteiger partial charge in [0.25, 0.3) is 0 Å². The van der Waals surface area contributed by atoms with Gasteiger partial charge in [0.05, 0.1) is 11.8 Å². The van der Waals surface area contributed by atoms with E-state index in [-0.39, 0.29) is 29.6 Å². The van der Waals surface area contributed by atoms with Gasteiger partial charge >= 0.3 is 0 Å². The van der Waals surface area contributed by atoms with Crippen molar-refractivity contribution in [3.8, 4) is 11.5 Å². The highest BCUT2D eigenvalue weighted by molar-refractivity contribution is 5.83. The van der Waals surface area contributed by atoms with E-state index in [1.165, 1.54) is 0 Å². The molecule has 148 valence electrons. The molecule has 2 atom stereocenters. The van der Waals surface area contributed by atoms with E-state index >= 15 is 0 Å². The standard InChI is InChI=1S/C23H28N2O3/c1-16(2)28-22-9-4-3-8-21(22)24-10-12-25(13-11-24)23(27)20-15-19(20)17-6-5-7-18(26)14-17/h3-9,14,16,19-20,26H,10-13,15H2,1-2H3/t19-,20-/m1/s1. The predicted molar refractivity (Wildman–Crippen MR) is 110 cm³/mol. The Kier molecular flexibility index (Phi) is 5.16. The molecule has 2 fully saturated rings. The molecule has 5 nitrogen and oxygen atoms in total. The number of aromatic hydroxyl groups is 1. The van der Waals surface area contributed by atoms with Crippen LogP contribution in [-0.4, -0.2) is 48.2 Å². The van der Waals surface area contributed by atoms with Gasteiger partial charge in [-0.05, 0) is 56.0 Å². The van der Waals surface area contributed by atoms with Gasteiger partial charge in [-0.1, -0.05) is 24.3 Å². The van der Waals surface area contributed by atoms with Crippen molar-refractivity contribution < 1.29 is 14.6 Å². The molecular weight excluding hydrogens is 352 g/mol. The summed E-state index contributed by atoms with van der Waals surface area (Å²) in [5, 5.41) is 9.67. The van der Waals surface area contributed by atoms with Gasteiger partial charge in [0.1, 0.15) is 11.5 Å². The molecule has 1 heterocycles. The quantitative estimate of drug-likeness (QED) is 0.861. The number of anilines is 1. The van der Waals surface area contributed by atoms with E-state index in [0.29, 0.717) is 0 Å². The Morgan fingerprint density at radius 2 is 1.82 bits per heavy atom. The number of carbonyl (C=O) groups excluding carboxylic acids is 1. The average molecular weight is 380 g/mol. The van der Waals surface area contributed by atoms with Gasteiger partial charge in [-0.3, -0.25) is 4.79 Å². The minimum Gasteiger partial charge on any atom is -0.508 e. The number of ether oxygens (including phenoxy) is 1. The van der Waals surface area contributed by atoms with E-state index in [4.69, 9.17) is 4.74 Å². The maximum atomic E-state index is 12.9. The van der Waals surface area contributed by atoms with E-state index in [2.05, 4.69) is 11.0 Å². The summed E-state index contributed by atoms with van der Waals surface area (Å²) in [6.07, 6.45) is 1.02. The van der Waals surface area contributed by atoms with Crippen LogP contribution in [0.4, 0.5) is 5.69 Å². The first-order valence-electron chi connectivity index (χ1n) is 10.1. The number of hydrogen-bond donors (Lipinski definition) is 1. The zero-order valence-electron chi connectivity index (χ0n) is 16.5. The molecule has 1 amide bonds. The van der Waals surface area contributed by atoms with E-state index in [9.17, 15) is 9.90 Å². The summed E-state index contributed by atoms with van der Waals surface area (Å²) in [5.74, 6) is 1.73. The Morgan fingerprint density at radius 3 is 2.54 bits per heavy atom. The van der Waals surface area contributed by atoms with E-state index in [0.717, 1.165) is 49.6 Å². The molecule has 0 spiro atoms. The van der Waals surface area contributed by atoms with Crippen molar-refractivity contribution in [1.82, 2.24) is 4.90 Å². The molecule has 28 heavy (non-hydrogen) atoms. The fourth-order valence-corrected chi connectivity index (χ4v) is 4.07. The molecular formula is C23H28N2O3. The number of phenolic OH excluding ortho intramolecular Hbond substituents is 1. The Bertz CT molecular complexity index is 843. The largest absolute Gasteiger partial charge is 0.508 e. The lowest BCUT2D eigenvalue weighted by molar-refractivity contribution is -0.132. The van der Waals surface area contributed by atoms with E-state index in [1.807, 2.05) is 49.1 Å². The lowest BCUT2D eigenvalue weighted by atomic mass is 10.1. The minimum atomic E-state index is 0.0601. The van der Waals surface area contributed by atoms with Gasteiger partial charge in [0.15, 0.2) is 0 Å². The number of carbonyl (C=O) groups is 1.